The van der Waals surface area contributed by atoms with Crippen molar-refractivity contribution in [2.75, 3.05) is 24.7 Å². The monoisotopic (exact) mass is 604 g/mol. The zero-order valence-electron chi connectivity index (χ0n) is 25.5. The summed E-state index contributed by atoms with van der Waals surface area (Å²) in [5.74, 6) is -1.88. The second-order valence-electron chi connectivity index (χ2n) is 12.6. The fraction of sp³-hybridized carbons (Fsp3) is 0.514. The van der Waals surface area contributed by atoms with E-state index in [1.54, 1.807) is 33.7 Å². The Morgan fingerprint density at radius 3 is 2.60 bits per heavy atom. The molecule has 8 heteroatoms. The summed E-state index contributed by atoms with van der Waals surface area (Å²) in [6.07, 6.45) is 6.19. The van der Waals surface area contributed by atoms with Crippen LogP contribution in [-0.2, 0) is 19.1 Å². The van der Waals surface area contributed by atoms with Crippen molar-refractivity contribution < 1.29 is 24.2 Å². The van der Waals surface area contributed by atoms with Crippen molar-refractivity contribution in [2.45, 2.75) is 68.5 Å². The molecule has 0 radical (unpaired) electrons. The Kier molecular flexibility index (Phi) is 9.37. The number of hydrogen-bond donors (Lipinski definition) is 1. The number of rotatable bonds is 13. The van der Waals surface area contributed by atoms with Gasteiger partial charge in [0.1, 0.15) is 6.04 Å². The standard InChI is InChI=1S/C35H44N2O5S/c1-6-8-11-17-42-34(41)29-28-19-23(5)35(43-28)30(29)32(39)37(27(21-38)18-22(3)4)31(35)33(40)36(16-7-2)26-15-14-24-12-9-10-13-25(24)20-26/h6-7,9-10,12-15,20,22-23,27-31,38H,1-2,8,11,16-19,21H2,3-5H3/t23?,27-,28-,29+,30+,31?,35?/m1/s1. The van der Waals surface area contributed by atoms with E-state index in [1.165, 1.54) is 0 Å². The third kappa shape index (κ3) is 5.42. The summed E-state index contributed by atoms with van der Waals surface area (Å²) in [5.41, 5.74) is 0.726. The Morgan fingerprint density at radius 1 is 1.19 bits per heavy atom. The Bertz CT molecular complexity index is 1390. The number of carbonyl (C=O) groups excluding carboxylic acids is 3. The molecule has 3 saturated heterocycles. The molecule has 2 aromatic rings. The van der Waals surface area contributed by atoms with Gasteiger partial charge < -0.3 is 19.6 Å². The molecule has 2 aromatic carbocycles. The van der Waals surface area contributed by atoms with Crippen molar-refractivity contribution in [3.8, 4) is 0 Å². The van der Waals surface area contributed by atoms with E-state index >= 15 is 0 Å². The van der Waals surface area contributed by atoms with Gasteiger partial charge in [-0.1, -0.05) is 63.3 Å². The molecule has 2 amide bonds. The number of hydrogen-bond acceptors (Lipinski definition) is 6. The molecule has 3 fully saturated rings. The Morgan fingerprint density at radius 2 is 1.93 bits per heavy atom. The van der Waals surface area contributed by atoms with Crippen LogP contribution in [0, 0.1) is 23.7 Å². The summed E-state index contributed by atoms with van der Waals surface area (Å²) in [6, 6.07) is 12.5. The lowest BCUT2D eigenvalue weighted by Crippen LogP contribution is -2.59. The van der Waals surface area contributed by atoms with E-state index in [2.05, 4.69) is 20.1 Å². The van der Waals surface area contributed by atoms with Gasteiger partial charge in [-0.15, -0.1) is 24.9 Å². The molecule has 1 spiro atoms. The van der Waals surface area contributed by atoms with Crippen LogP contribution < -0.4 is 4.90 Å². The van der Waals surface area contributed by atoms with Crippen LogP contribution in [0.15, 0.2) is 67.8 Å². The van der Waals surface area contributed by atoms with Crippen LogP contribution in [0.3, 0.4) is 0 Å². The second-order valence-corrected chi connectivity index (χ2v) is 14.2. The van der Waals surface area contributed by atoms with Crippen LogP contribution in [-0.4, -0.2) is 69.6 Å². The van der Waals surface area contributed by atoms with Gasteiger partial charge >= 0.3 is 5.97 Å². The first-order valence-electron chi connectivity index (χ1n) is 15.5. The normalized spacial score (nSPS) is 28.3. The van der Waals surface area contributed by atoms with Gasteiger partial charge in [-0.3, -0.25) is 14.4 Å². The van der Waals surface area contributed by atoms with Crippen LogP contribution in [0.5, 0.6) is 0 Å². The Hall–Kier alpha value is -3.10. The maximum atomic E-state index is 15.0. The number of nitrogens with zero attached hydrogens (tertiary/aromatic N) is 2. The summed E-state index contributed by atoms with van der Waals surface area (Å²) < 4.78 is 4.92. The Balaban J connectivity index is 1.59. The highest BCUT2D eigenvalue weighted by molar-refractivity contribution is 8.02. The molecule has 0 aliphatic carbocycles. The van der Waals surface area contributed by atoms with Gasteiger partial charge in [0, 0.05) is 17.5 Å². The number of ether oxygens (including phenoxy) is 1. The lowest BCUT2D eigenvalue weighted by molar-refractivity contribution is -0.155. The molecule has 43 heavy (non-hydrogen) atoms. The highest BCUT2D eigenvalue weighted by atomic mass is 32.2. The number of amides is 2. The summed E-state index contributed by atoms with van der Waals surface area (Å²) in [7, 11) is 0. The average Bonchev–Trinajstić information content (AvgIpc) is 3.59. The van der Waals surface area contributed by atoms with Gasteiger partial charge in [-0.05, 0) is 60.4 Å². The average molecular weight is 605 g/mol. The van der Waals surface area contributed by atoms with E-state index in [0.29, 0.717) is 12.8 Å². The van der Waals surface area contributed by atoms with Gasteiger partial charge in [0.05, 0.1) is 35.8 Å². The number of aliphatic hydroxyl groups is 1. The molecule has 3 unspecified atom stereocenters. The Labute approximate surface area is 259 Å². The zero-order valence-corrected chi connectivity index (χ0v) is 26.3. The first kappa shape index (κ1) is 31.3. The predicted octanol–water partition coefficient (Wildman–Crippen LogP) is 5.61. The largest absolute Gasteiger partial charge is 0.465 e. The molecule has 230 valence electrons. The smallest absolute Gasteiger partial charge is 0.310 e. The molecular weight excluding hydrogens is 560 g/mol. The van der Waals surface area contributed by atoms with E-state index < -0.39 is 28.7 Å². The molecule has 5 rings (SSSR count). The maximum Gasteiger partial charge on any atom is 0.310 e. The van der Waals surface area contributed by atoms with Crippen molar-refractivity contribution in [1.29, 1.82) is 0 Å². The molecule has 1 N–H and O–H groups in total. The van der Waals surface area contributed by atoms with Gasteiger partial charge in [0.2, 0.25) is 5.91 Å². The lowest BCUT2D eigenvalue weighted by atomic mass is 9.66. The molecule has 0 aromatic heterocycles. The quantitative estimate of drug-likeness (QED) is 0.182. The van der Waals surface area contributed by atoms with Crippen molar-refractivity contribution in [1.82, 2.24) is 4.90 Å². The minimum Gasteiger partial charge on any atom is -0.465 e. The van der Waals surface area contributed by atoms with Gasteiger partial charge in [0.15, 0.2) is 0 Å². The number of aliphatic hydroxyl groups excluding tert-OH is 1. The SMILES string of the molecule is C=CCCCOC(=O)[C@@H]1[C@H]2C(=O)N([C@@H](CO)CC(C)C)C(C(=O)N(CC=C)c3ccc4ccccc4c3)C23S[C@@H]1CC3C. The molecule has 3 heterocycles. The lowest BCUT2D eigenvalue weighted by Gasteiger charge is -2.42. The summed E-state index contributed by atoms with van der Waals surface area (Å²) in [6.45, 7) is 14.2. The van der Waals surface area contributed by atoms with E-state index in [1.807, 2.05) is 56.3 Å². The van der Waals surface area contributed by atoms with E-state index in [0.717, 1.165) is 29.3 Å². The molecule has 3 aliphatic heterocycles. The fourth-order valence-electron chi connectivity index (χ4n) is 7.66. The minimum absolute atomic E-state index is 0.0146. The fourth-order valence-corrected chi connectivity index (χ4v) is 10.1. The first-order chi connectivity index (χ1) is 20.7. The van der Waals surface area contributed by atoms with Crippen LogP contribution in [0.25, 0.3) is 10.8 Å². The van der Waals surface area contributed by atoms with Crippen molar-refractivity contribution >= 4 is 46.0 Å². The third-order valence-electron chi connectivity index (χ3n) is 9.46. The number of thioether (sulfide) groups is 1. The molecule has 0 saturated carbocycles. The van der Waals surface area contributed by atoms with Crippen molar-refractivity contribution in [3.63, 3.8) is 0 Å². The van der Waals surface area contributed by atoms with Crippen LogP contribution in [0.1, 0.15) is 46.5 Å². The number of likely N-dealkylation sites (tertiary alicyclic amines) is 1. The van der Waals surface area contributed by atoms with Crippen LogP contribution in [0.4, 0.5) is 5.69 Å². The molecule has 7 atom stereocenters. The van der Waals surface area contributed by atoms with E-state index in [9.17, 15) is 19.5 Å². The number of fused-ring (bicyclic) bond motifs is 2. The summed E-state index contributed by atoms with van der Waals surface area (Å²) in [5, 5.41) is 12.6. The third-order valence-corrected chi connectivity index (χ3v) is 11.5. The topological polar surface area (TPSA) is 87.1 Å². The van der Waals surface area contributed by atoms with Crippen molar-refractivity contribution in [3.05, 3.63) is 67.8 Å². The number of benzene rings is 2. The maximum absolute atomic E-state index is 15.0. The number of allylic oxidation sites excluding steroid dienone is 1. The number of unbranched alkanes of at least 4 members (excludes halogenated alkanes) is 1. The number of anilines is 1. The van der Waals surface area contributed by atoms with E-state index in [4.69, 9.17) is 4.74 Å². The highest BCUT2D eigenvalue weighted by Crippen LogP contribution is 2.69. The molecular formula is C35H44N2O5S. The highest BCUT2D eigenvalue weighted by Gasteiger charge is 2.77. The van der Waals surface area contributed by atoms with E-state index in [-0.39, 0.29) is 54.6 Å². The zero-order chi connectivity index (χ0) is 30.9. The number of esters is 1. The summed E-state index contributed by atoms with van der Waals surface area (Å²) in [4.78, 5) is 46.5. The van der Waals surface area contributed by atoms with Crippen molar-refractivity contribution in [2.24, 2.45) is 23.7 Å². The molecule has 2 bridgehead atoms. The predicted molar refractivity (Wildman–Crippen MR) is 173 cm³/mol. The number of carbonyl (C=O) groups is 3. The first-order valence-corrected chi connectivity index (χ1v) is 16.4. The minimum atomic E-state index is -0.837. The molecule has 3 aliphatic rings. The van der Waals surface area contributed by atoms with Gasteiger partial charge in [-0.25, -0.2) is 0 Å². The van der Waals surface area contributed by atoms with Gasteiger partial charge in [0.25, 0.3) is 5.91 Å². The van der Waals surface area contributed by atoms with Crippen LogP contribution >= 0.6 is 11.8 Å². The molecule has 7 nitrogen and oxygen atoms in total. The van der Waals surface area contributed by atoms with Gasteiger partial charge in [-0.2, -0.15) is 0 Å². The summed E-state index contributed by atoms with van der Waals surface area (Å²) >= 11 is 1.63. The van der Waals surface area contributed by atoms with Crippen LogP contribution in [0.2, 0.25) is 0 Å². The second kappa shape index (κ2) is 12.9.